The van der Waals surface area contributed by atoms with Gasteiger partial charge in [0.25, 0.3) is 10.9 Å². The Labute approximate surface area is 81.8 Å². The Kier molecular flexibility index (Phi) is 3.68. The van der Waals surface area contributed by atoms with Gasteiger partial charge in [-0.15, -0.1) is 0 Å². The third kappa shape index (κ3) is 2.13. The summed E-state index contributed by atoms with van der Waals surface area (Å²) < 4.78 is 4.98. The van der Waals surface area contributed by atoms with Gasteiger partial charge in [-0.1, -0.05) is 26.2 Å². The molecule has 4 nitrogen and oxygen atoms in total. The Morgan fingerprint density at radius 3 is 2.43 bits per heavy atom. The van der Waals surface area contributed by atoms with Gasteiger partial charge in [0.2, 0.25) is 11.5 Å². The summed E-state index contributed by atoms with van der Waals surface area (Å²) in [6, 6.07) is 0. The highest BCUT2D eigenvalue weighted by Crippen LogP contribution is 2.17. The normalized spacial score (nSPS) is 10.6. The van der Waals surface area contributed by atoms with Gasteiger partial charge in [-0.3, -0.25) is 9.59 Å². The van der Waals surface area contributed by atoms with Crippen molar-refractivity contribution in [3.05, 3.63) is 20.4 Å². The zero-order valence-corrected chi connectivity index (χ0v) is 8.21. The fraction of sp³-hybridized carbons (Fsp3) is 0.600. The fourth-order valence-corrected chi connectivity index (χ4v) is 1.20. The summed E-state index contributed by atoms with van der Waals surface area (Å²) in [5.41, 5.74) is -1.55. The van der Waals surface area contributed by atoms with Gasteiger partial charge < -0.3 is 9.84 Å². The highest BCUT2D eigenvalue weighted by molar-refractivity contribution is 5.44. The number of unbranched alkanes of at least 4 members (excludes halogenated alkanes) is 3. The average molecular weight is 198 g/mol. The number of hydrogen-bond acceptors (Lipinski definition) is 4. The molecule has 0 fully saturated rings. The van der Waals surface area contributed by atoms with E-state index in [1.807, 2.05) is 0 Å². The maximum absolute atomic E-state index is 10.8. The van der Waals surface area contributed by atoms with Crippen LogP contribution in [-0.4, -0.2) is 11.7 Å². The molecular formula is C10H14O4. The predicted octanol–water partition coefficient (Wildman–Crippen LogP) is 0.947. The van der Waals surface area contributed by atoms with Crippen LogP contribution >= 0.6 is 0 Å². The van der Waals surface area contributed by atoms with Gasteiger partial charge in [0.1, 0.15) is 0 Å². The van der Waals surface area contributed by atoms with Crippen LogP contribution in [0.25, 0.3) is 0 Å². The predicted molar refractivity (Wildman–Crippen MR) is 52.7 cm³/mol. The van der Waals surface area contributed by atoms with E-state index in [0.29, 0.717) is 6.61 Å². The Hall–Kier alpha value is -1.32. The SMILES string of the molecule is CCCCCCOc1c(O)c(=O)c1=O. The molecule has 1 aromatic rings. The van der Waals surface area contributed by atoms with Gasteiger partial charge in [0.15, 0.2) is 0 Å². The maximum Gasteiger partial charge on any atom is 0.275 e. The molecule has 0 aliphatic carbocycles. The first kappa shape index (κ1) is 10.8. The van der Waals surface area contributed by atoms with E-state index in [0.717, 1.165) is 25.7 Å². The van der Waals surface area contributed by atoms with E-state index in [1.54, 1.807) is 0 Å². The third-order valence-corrected chi connectivity index (χ3v) is 2.09. The summed E-state index contributed by atoms with van der Waals surface area (Å²) in [6.45, 7) is 2.49. The summed E-state index contributed by atoms with van der Waals surface area (Å²) in [5.74, 6) is -0.683. The molecule has 0 heterocycles. The molecule has 4 heteroatoms. The van der Waals surface area contributed by atoms with Crippen molar-refractivity contribution in [1.82, 2.24) is 0 Å². The lowest BCUT2D eigenvalue weighted by atomic mass is 10.2. The van der Waals surface area contributed by atoms with Gasteiger partial charge in [-0.25, -0.2) is 0 Å². The monoisotopic (exact) mass is 198 g/mol. The number of rotatable bonds is 6. The molecule has 0 radical (unpaired) electrons. The van der Waals surface area contributed by atoms with Crippen molar-refractivity contribution in [2.75, 3.05) is 6.61 Å². The zero-order valence-electron chi connectivity index (χ0n) is 8.21. The van der Waals surface area contributed by atoms with Crippen molar-refractivity contribution >= 4 is 0 Å². The second-order valence-corrected chi connectivity index (χ2v) is 3.25. The first-order valence-corrected chi connectivity index (χ1v) is 4.83. The summed E-state index contributed by atoms with van der Waals surface area (Å²) >= 11 is 0. The van der Waals surface area contributed by atoms with E-state index in [1.165, 1.54) is 0 Å². The standard InChI is InChI=1S/C10H14O4/c1-2-3-4-5-6-14-10-8(12)7(11)9(10)13/h12H,2-6H2,1H3. The highest BCUT2D eigenvalue weighted by Gasteiger charge is 2.21. The quantitative estimate of drug-likeness (QED) is 0.546. The van der Waals surface area contributed by atoms with Crippen LogP contribution in [-0.2, 0) is 0 Å². The smallest absolute Gasteiger partial charge is 0.275 e. The van der Waals surface area contributed by atoms with Crippen molar-refractivity contribution in [2.24, 2.45) is 0 Å². The van der Waals surface area contributed by atoms with Crippen molar-refractivity contribution in [1.29, 1.82) is 0 Å². The van der Waals surface area contributed by atoms with Crippen LogP contribution in [0.2, 0.25) is 0 Å². The lowest BCUT2D eigenvalue weighted by Gasteiger charge is -2.07. The Morgan fingerprint density at radius 2 is 1.86 bits per heavy atom. The van der Waals surface area contributed by atoms with E-state index in [2.05, 4.69) is 6.92 Å². The van der Waals surface area contributed by atoms with Crippen LogP contribution in [0.3, 0.4) is 0 Å². The van der Waals surface area contributed by atoms with Crippen LogP contribution in [0.15, 0.2) is 9.59 Å². The number of aromatic hydroxyl groups is 1. The maximum atomic E-state index is 10.8. The van der Waals surface area contributed by atoms with Crippen LogP contribution in [0, 0.1) is 0 Å². The summed E-state index contributed by atoms with van der Waals surface area (Å²) in [4.78, 5) is 21.4. The van der Waals surface area contributed by atoms with E-state index in [-0.39, 0.29) is 5.75 Å². The van der Waals surface area contributed by atoms with E-state index in [4.69, 9.17) is 9.84 Å². The van der Waals surface area contributed by atoms with E-state index >= 15 is 0 Å². The molecule has 78 valence electrons. The minimum Gasteiger partial charge on any atom is -0.501 e. The largest absolute Gasteiger partial charge is 0.501 e. The molecule has 0 aromatic heterocycles. The fourth-order valence-electron chi connectivity index (χ4n) is 1.20. The molecule has 0 unspecified atom stereocenters. The number of hydrogen-bond donors (Lipinski definition) is 1. The average Bonchev–Trinajstić information content (AvgIpc) is 2.22. The minimum atomic E-state index is -0.839. The molecule has 0 saturated carbocycles. The zero-order chi connectivity index (χ0) is 10.6. The summed E-state index contributed by atoms with van der Waals surface area (Å²) in [7, 11) is 0. The highest BCUT2D eigenvalue weighted by atomic mass is 16.5. The molecule has 0 aliphatic rings. The first-order chi connectivity index (χ1) is 6.68. The molecule has 14 heavy (non-hydrogen) atoms. The van der Waals surface area contributed by atoms with Gasteiger partial charge in [0, 0.05) is 0 Å². The molecular weight excluding hydrogens is 184 g/mol. The van der Waals surface area contributed by atoms with Crippen molar-refractivity contribution < 1.29 is 9.84 Å². The van der Waals surface area contributed by atoms with Gasteiger partial charge >= 0.3 is 0 Å². The Morgan fingerprint density at radius 1 is 1.14 bits per heavy atom. The molecule has 1 aromatic carbocycles. The Balaban J connectivity index is 2.27. The molecule has 0 saturated heterocycles. The summed E-state index contributed by atoms with van der Waals surface area (Å²) in [5, 5.41) is 8.93. The lowest BCUT2D eigenvalue weighted by Crippen LogP contribution is -2.31. The van der Waals surface area contributed by atoms with Crippen molar-refractivity contribution in [3.63, 3.8) is 0 Å². The Bertz CT molecular complexity index is 360. The van der Waals surface area contributed by atoms with Gasteiger partial charge in [0.05, 0.1) is 6.61 Å². The van der Waals surface area contributed by atoms with Crippen LogP contribution in [0.4, 0.5) is 0 Å². The second kappa shape index (κ2) is 4.79. The number of ether oxygens (including phenoxy) is 1. The van der Waals surface area contributed by atoms with Gasteiger partial charge in [-0.05, 0) is 6.42 Å². The lowest BCUT2D eigenvalue weighted by molar-refractivity contribution is 0.279. The van der Waals surface area contributed by atoms with Crippen molar-refractivity contribution in [3.8, 4) is 11.5 Å². The molecule has 1 rings (SSSR count). The van der Waals surface area contributed by atoms with Crippen LogP contribution in [0.1, 0.15) is 32.6 Å². The van der Waals surface area contributed by atoms with Gasteiger partial charge in [-0.2, -0.15) is 0 Å². The molecule has 0 spiro atoms. The van der Waals surface area contributed by atoms with Crippen LogP contribution in [0.5, 0.6) is 11.5 Å². The topological polar surface area (TPSA) is 63.6 Å². The summed E-state index contributed by atoms with van der Waals surface area (Å²) in [6.07, 6.45) is 4.13. The third-order valence-electron chi connectivity index (χ3n) is 2.09. The van der Waals surface area contributed by atoms with Crippen LogP contribution < -0.4 is 15.6 Å². The van der Waals surface area contributed by atoms with E-state index in [9.17, 15) is 9.59 Å². The molecule has 1 N–H and O–H groups in total. The first-order valence-electron chi connectivity index (χ1n) is 4.83. The molecule has 0 bridgehead atoms. The molecule has 0 amide bonds. The second-order valence-electron chi connectivity index (χ2n) is 3.25. The van der Waals surface area contributed by atoms with Crippen molar-refractivity contribution in [2.45, 2.75) is 32.6 Å². The molecule has 0 atom stereocenters. The minimum absolute atomic E-state index is 0.161. The van der Waals surface area contributed by atoms with E-state index < -0.39 is 16.6 Å². The molecule has 0 aliphatic heterocycles.